The molecule has 1 amide bonds. The molecule has 2 atom stereocenters. The number of nitrogens with zero attached hydrogens (tertiary/aromatic N) is 1. The van der Waals surface area contributed by atoms with Gasteiger partial charge in [-0.1, -0.05) is 12.8 Å². The normalized spacial score (nSPS) is 28.7. The van der Waals surface area contributed by atoms with Gasteiger partial charge in [-0.15, -0.1) is 0 Å². The van der Waals surface area contributed by atoms with Gasteiger partial charge in [-0.3, -0.25) is 4.79 Å². The lowest BCUT2D eigenvalue weighted by atomic mass is 10.1. The zero-order valence-corrected chi connectivity index (χ0v) is 11.1. The fraction of sp³-hybridized carbons (Fsp3) is 0.846. The predicted molar refractivity (Wildman–Crippen MR) is 68.8 cm³/mol. The summed E-state index contributed by atoms with van der Waals surface area (Å²) in [6.45, 7) is 2.64. The van der Waals surface area contributed by atoms with Crippen molar-refractivity contribution < 1.29 is 19.4 Å². The molecule has 2 aliphatic rings. The molecular weight excluding hydrogens is 248 g/mol. The molecule has 0 radical (unpaired) electrons. The SMILES string of the molecule is O=C(O)C1CCCCCN1C(=O)CC1CNCCO1. The van der Waals surface area contributed by atoms with Gasteiger partial charge in [0, 0.05) is 19.6 Å². The minimum absolute atomic E-state index is 0.0944. The number of aliphatic carboxylic acids is 1. The van der Waals surface area contributed by atoms with Crippen molar-refractivity contribution in [2.75, 3.05) is 26.2 Å². The number of rotatable bonds is 3. The minimum atomic E-state index is -0.891. The Bertz CT molecular complexity index is 329. The largest absolute Gasteiger partial charge is 0.480 e. The second-order valence-corrected chi connectivity index (χ2v) is 5.19. The highest BCUT2D eigenvalue weighted by Crippen LogP contribution is 2.19. The van der Waals surface area contributed by atoms with Crippen LogP contribution in [-0.4, -0.2) is 60.3 Å². The number of hydrogen-bond donors (Lipinski definition) is 2. The number of likely N-dealkylation sites (tertiary alicyclic amines) is 1. The van der Waals surface area contributed by atoms with Crippen molar-refractivity contribution in [2.24, 2.45) is 0 Å². The van der Waals surface area contributed by atoms with Crippen molar-refractivity contribution in [2.45, 2.75) is 44.2 Å². The van der Waals surface area contributed by atoms with E-state index in [-0.39, 0.29) is 18.4 Å². The molecule has 2 rings (SSSR count). The maximum absolute atomic E-state index is 12.3. The summed E-state index contributed by atoms with van der Waals surface area (Å²) in [4.78, 5) is 25.1. The van der Waals surface area contributed by atoms with E-state index in [4.69, 9.17) is 4.74 Å². The van der Waals surface area contributed by atoms with Gasteiger partial charge in [0.15, 0.2) is 0 Å². The third-order valence-corrected chi connectivity index (χ3v) is 3.76. The molecule has 6 heteroatoms. The van der Waals surface area contributed by atoms with Gasteiger partial charge in [-0.25, -0.2) is 4.79 Å². The van der Waals surface area contributed by atoms with Crippen LogP contribution in [0.2, 0.25) is 0 Å². The summed E-state index contributed by atoms with van der Waals surface area (Å²) in [6, 6.07) is -0.661. The van der Waals surface area contributed by atoms with E-state index in [0.717, 1.165) is 25.8 Å². The highest BCUT2D eigenvalue weighted by molar-refractivity contribution is 5.84. The average Bonchev–Trinajstić information content (AvgIpc) is 2.65. The van der Waals surface area contributed by atoms with E-state index in [0.29, 0.717) is 26.1 Å². The first kappa shape index (κ1) is 14.3. The van der Waals surface area contributed by atoms with E-state index in [9.17, 15) is 14.7 Å². The van der Waals surface area contributed by atoms with E-state index in [1.165, 1.54) is 4.90 Å². The fourth-order valence-electron chi connectivity index (χ4n) is 2.73. The van der Waals surface area contributed by atoms with Crippen LogP contribution in [0.4, 0.5) is 0 Å². The molecule has 0 bridgehead atoms. The molecule has 0 aromatic carbocycles. The second-order valence-electron chi connectivity index (χ2n) is 5.19. The van der Waals surface area contributed by atoms with Gasteiger partial charge in [0.25, 0.3) is 0 Å². The molecule has 2 aliphatic heterocycles. The first-order valence-corrected chi connectivity index (χ1v) is 7.03. The Hall–Kier alpha value is -1.14. The van der Waals surface area contributed by atoms with Crippen LogP contribution >= 0.6 is 0 Å². The first-order valence-electron chi connectivity index (χ1n) is 7.03. The number of hydrogen-bond acceptors (Lipinski definition) is 4. The zero-order valence-electron chi connectivity index (χ0n) is 11.1. The van der Waals surface area contributed by atoms with Gasteiger partial charge in [0.1, 0.15) is 6.04 Å². The third kappa shape index (κ3) is 3.91. The number of nitrogens with one attached hydrogen (secondary N) is 1. The summed E-state index contributed by atoms with van der Waals surface area (Å²) in [7, 11) is 0. The molecule has 2 N–H and O–H groups in total. The number of carboxylic acids is 1. The van der Waals surface area contributed by atoms with E-state index in [1.807, 2.05) is 0 Å². The molecule has 2 unspecified atom stereocenters. The molecule has 19 heavy (non-hydrogen) atoms. The number of carbonyl (C=O) groups is 2. The van der Waals surface area contributed by atoms with Crippen molar-refractivity contribution in [1.82, 2.24) is 10.2 Å². The van der Waals surface area contributed by atoms with Crippen LogP contribution in [0.5, 0.6) is 0 Å². The van der Waals surface area contributed by atoms with Gasteiger partial charge >= 0.3 is 5.97 Å². The smallest absolute Gasteiger partial charge is 0.326 e. The van der Waals surface area contributed by atoms with Gasteiger partial charge < -0.3 is 20.1 Å². The van der Waals surface area contributed by atoms with Crippen molar-refractivity contribution >= 4 is 11.9 Å². The van der Waals surface area contributed by atoms with Crippen LogP contribution in [0.15, 0.2) is 0 Å². The Morgan fingerprint density at radius 2 is 2.16 bits per heavy atom. The van der Waals surface area contributed by atoms with E-state index in [1.54, 1.807) is 0 Å². The van der Waals surface area contributed by atoms with E-state index >= 15 is 0 Å². The third-order valence-electron chi connectivity index (χ3n) is 3.76. The molecular formula is C13H22N2O4. The summed E-state index contributed by atoms with van der Waals surface area (Å²) in [6.07, 6.45) is 3.47. The highest BCUT2D eigenvalue weighted by Gasteiger charge is 2.32. The van der Waals surface area contributed by atoms with Gasteiger partial charge in [0.05, 0.1) is 19.1 Å². The maximum Gasteiger partial charge on any atom is 0.326 e. The van der Waals surface area contributed by atoms with Gasteiger partial charge in [-0.2, -0.15) is 0 Å². The van der Waals surface area contributed by atoms with Crippen LogP contribution in [0.3, 0.4) is 0 Å². The number of morpholine rings is 1. The summed E-state index contributed by atoms with van der Waals surface area (Å²) in [5.74, 6) is -0.985. The fourth-order valence-corrected chi connectivity index (χ4v) is 2.73. The molecule has 108 valence electrons. The molecule has 0 aliphatic carbocycles. The van der Waals surface area contributed by atoms with E-state index < -0.39 is 12.0 Å². The topological polar surface area (TPSA) is 78.9 Å². The highest BCUT2D eigenvalue weighted by atomic mass is 16.5. The van der Waals surface area contributed by atoms with Crippen LogP contribution in [0, 0.1) is 0 Å². The number of ether oxygens (including phenoxy) is 1. The lowest BCUT2D eigenvalue weighted by molar-refractivity contribution is -0.151. The first-order chi connectivity index (χ1) is 9.18. The number of amides is 1. The summed E-state index contributed by atoms with van der Waals surface area (Å²) in [5, 5.41) is 12.4. The summed E-state index contributed by atoms with van der Waals surface area (Å²) < 4.78 is 5.51. The molecule has 2 heterocycles. The Kier molecular flexibility index (Phi) is 5.15. The average molecular weight is 270 g/mol. The molecule has 0 aromatic heterocycles. The molecule has 2 saturated heterocycles. The van der Waals surface area contributed by atoms with Gasteiger partial charge in [0.2, 0.25) is 5.91 Å². The van der Waals surface area contributed by atoms with Crippen LogP contribution in [0.1, 0.15) is 32.1 Å². The van der Waals surface area contributed by atoms with Crippen LogP contribution in [-0.2, 0) is 14.3 Å². The Labute approximate surface area is 113 Å². The Morgan fingerprint density at radius 3 is 2.84 bits per heavy atom. The monoisotopic (exact) mass is 270 g/mol. The van der Waals surface area contributed by atoms with Crippen molar-refractivity contribution in [3.63, 3.8) is 0 Å². The van der Waals surface area contributed by atoms with Crippen molar-refractivity contribution in [1.29, 1.82) is 0 Å². The second kappa shape index (κ2) is 6.86. The Morgan fingerprint density at radius 1 is 1.32 bits per heavy atom. The number of carbonyl (C=O) groups excluding carboxylic acids is 1. The Balaban J connectivity index is 1.95. The quantitative estimate of drug-likeness (QED) is 0.767. The van der Waals surface area contributed by atoms with Crippen LogP contribution in [0.25, 0.3) is 0 Å². The summed E-state index contributed by atoms with van der Waals surface area (Å²) >= 11 is 0. The molecule has 6 nitrogen and oxygen atoms in total. The van der Waals surface area contributed by atoms with E-state index in [2.05, 4.69) is 5.32 Å². The van der Waals surface area contributed by atoms with Gasteiger partial charge in [-0.05, 0) is 12.8 Å². The summed E-state index contributed by atoms with van der Waals surface area (Å²) in [5.41, 5.74) is 0. The standard InChI is InChI=1S/C13H22N2O4/c16-12(8-10-9-14-5-7-19-10)15-6-3-1-2-4-11(15)13(17)18/h10-11,14H,1-9H2,(H,17,18). The lowest BCUT2D eigenvalue weighted by Crippen LogP contribution is -2.47. The minimum Gasteiger partial charge on any atom is -0.480 e. The molecule has 0 saturated carbocycles. The number of carboxylic acid groups (broad SMARTS) is 1. The zero-order chi connectivity index (χ0) is 13.7. The maximum atomic E-state index is 12.3. The lowest BCUT2D eigenvalue weighted by Gasteiger charge is -2.30. The molecule has 0 spiro atoms. The molecule has 2 fully saturated rings. The van der Waals surface area contributed by atoms with Crippen molar-refractivity contribution in [3.8, 4) is 0 Å². The van der Waals surface area contributed by atoms with Crippen LogP contribution < -0.4 is 5.32 Å². The van der Waals surface area contributed by atoms with Crippen molar-refractivity contribution in [3.05, 3.63) is 0 Å². The predicted octanol–water partition coefficient (Wildman–Crippen LogP) is 0.221. The molecule has 0 aromatic rings.